The number of pyridine rings is 1. The van der Waals surface area contributed by atoms with Gasteiger partial charge < -0.3 is 4.52 Å². The van der Waals surface area contributed by atoms with E-state index in [-0.39, 0.29) is 5.82 Å². The molecule has 0 N–H and O–H groups in total. The molecular weight excluding hydrogens is 337 g/mol. The highest BCUT2D eigenvalue weighted by Gasteiger charge is 2.38. The average Bonchev–Trinajstić information content (AvgIpc) is 3.22. The van der Waals surface area contributed by atoms with Crippen LogP contribution in [0.3, 0.4) is 0 Å². The Morgan fingerprint density at radius 3 is 2.76 bits per heavy atom. The van der Waals surface area contributed by atoms with Gasteiger partial charge in [-0.05, 0) is 17.1 Å². The molecule has 4 rings (SSSR count). The van der Waals surface area contributed by atoms with Crippen molar-refractivity contribution in [3.63, 3.8) is 0 Å². The largest absolute Gasteiger partial charge is 0.471 e. The molecule has 0 saturated carbocycles. The standard InChI is InChI=1S/C15H9F3N6O/c1-23-5-3-10-7-12(20-8-24(10)23)11-6-9(2-4-19-11)13-21-14(25-22-13)15(16,17)18/h2-4,6-8H,1H3/q+1. The maximum Gasteiger partial charge on any atom is 0.471 e. The Hall–Kier alpha value is -3.30. The van der Waals surface area contributed by atoms with Crippen molar-refractivity contribution in [1.82, 2.24) is 24.8 Å². The Morgan fingerprint density at radius 2 is 2.00 bits per heavy atom. The zero-order valence-corrected chi connectivity index (χ0v) is 12.7. The van der Waals surface area contributed by atoms with E-state index in [4.69, 9.17) is 0 Å². The Balaban J connectivity index is 1.74. The lowest BCUT2D eigenvalue weighted by Gasteiger charge is -1.99. The van der Waals surface area contributed by atoms with E-state index in [1.807, 2.05) is 7.05 Å². The van der Waals surface area contributed by atoms with Gasteiger partial charge in [-0.1, -0.05) is 5.16 Å². The fourth-order valence-corrected chi connectivity index (χ4v) is 2.31. The Bertz CT molecular complexity index is 1070. The van der Waals surface area contributed by atoms with E-state index in [0.29, 0.717) is 17.0 Å². The average molecular weight is 346 g/mol. The van der Waals surface area contributed by atoms with E-state index < -0.39 is 12.1 Å². The van der Waals surface area contributed by atoms with Crippen molar-refractivity contribution in [2.24, 2.45) is 7.05 Å². The molecule has 125 valence electrons. The maximum atomic E-state index is 12.6. The number of rotatable bonds is 2. The molecule has 0 atom stereocenters. The molecule has 0 saturated heterocycles. The van der Waals surface area contributed by atoms with Crippen LogP contribution in [0, 0.1) is 6.20 Å². The summed E-state index contributed by atoms with van der Waals surface area (Å²) in [4.78, 5) is 11.9. The van der Waals surface area contributed by atoms with E-state index in [9.17, 15) is 13.2 Å². The summed E-state index contributed by atoms with van der Waals surface area (Å²) in [6.45, 7) is 0. The van der Waals surface area contributed by atoms with Gasteiger partial charge in [0.1, 0.15) is 11.9 Å². The van der Waals surface area contributed by atoms with Crippen LogP contribution in [-0.2, 0) is 13.2 Å². The van der Waals surface area contributed by atoms with E-state index in [1.54, 1.807) is 33.7 Å². The number of nitrogens with zero attached hydrogens (tertiary/aromatic N) is 6. The minimum atomic E-state index is -4.69. The summed E-state index contributed by atoms with van der Waals surface area (Å²) in [5.41, 5.74) is 2.22. The molecular formula is C15H9F3N6O+. The van der Waals surface area contributed by atoms with Gasteiger partial charge in [-0.25, -0.2) is 4.68 Å². The predicted molar refractivity (Wildman–Crippen MR) is 76.7 cm³/mol. The van der Waals surface area contributed by atoms with Crippen LogP contribution in [0.4, 0.5) is 13.2 Å². The minimum Gasteiger partial charge on any atom is -0.329 e. The second-order valence-corrected chi connectivity index (χ2v) is 5.19. The second-order valence-electron chi connectivity index (χ2n) is 5.19. The van der Waals surface area contributed by atoms with Crippen LogP contribution in [0.2, 0.25) is 0 Å². The molecule has 0 aromatic carbocycles. The van der Waals surface area contributed by atoms with Crippen LogP contribution < -0.4 is 4.52 Å². The summed E-state index contributed by atoms with van der Waals surface area (Å²) in [6, 6.07) is 6.62. The van der Waals surface area contributed by atoms with Gasteiger partial charge in [-0.3, -0.25) is 4.98 Å². The quantitative estimate of drug-likeness (QED) is 0.520. The number of aromatic nitrogens is 6. The first-order valence-corrected chi connectivity index (χ1v) is 7.04. The van der Waals surface area contributed by atoms with Crippen LogP contribution in [0.25, 0.3) is 28.3 Å². The Kier molecular flexibility index (Phi) is 3.27. The predicted octanol–water partition coefficient (Wildman–Crippen LogP) is 2.09. The molecule has 0 amide bonds. The summed E-state index contributed by atoms with van der Waals surface area (Å²) in [5.74, 6) is -1.56. The number of hydrogen-bond donors (Lipinski definition) is 0. The molecule has 0 fully saturated rings. The van der Waals surface area contributed by atoms with Gasteiger partial charge in [0, 0.05) is 30.9 Å². The molecule has 0 aliphatic rings. The van der Waals surface area contributed by atoms with E-state index in [0.717, 1.165) is 5.52 Å². The van der Waals surface area contributed by atoms with Crippen molar-refractivity contribution in [3.8, 4) is 22.8 Å². The molecule has 0 spiro atoms. The zero-order chi connectivity index (χ0) is 17.6. The summed E-state index contributed by atoms with van der Waals surface area (Å²) in [5, 5.41) is 3.37. The monoisotopic (exact) mass is 346 g/mol. The third-order valence-corrected chi connectivity index (χ3v) is 3.53. The third kappa shape index (κ3) is 2.71. The number of aryl methyl sites for hydroxylation is 1. The second kappa shape index (κ2) is 5.36. The summed E-state index contributed by atoms with van der Waals surface area (Å²) < 4.78 is 45.5. The molecule has 25 heavy (non-hydrogen) atoms. The first-order chi connectivity index (χ1) is 11.9. The van der Waals surface area contributed by atoms with Gasteiger partial charge >= 0.3 is 18.4 Å². The number of halogens is 3. The molecule has 10 heteroatoms. The Labute approximate surface area is 138 Å². The number of alkyl halides is 3. The maximum absolute atomic E-state index is 12.6. The van der Waals surface area contributed by atoms with E-state index in [2.05, 4.69) is 30.8 Å². The molecule has 4 aromatic heterocycles. The van der Waals surface area contributed by atoms with Gasteiger partial charge in [-0.2, -0.15) is 18.2 Å². The molecule has 7 nitrogen and oxygen atoms in total. The van der Waals surface area contributed by atoms with Gasteiger partial charge in [0.25, 0.3) is 0 Å². The third-order valence-electron chi connectivity index (χ3n) is 3.53. The molecule has 1 radical (unpaired) electrons. The lowest BCUT2D eigenvalue weighted by Crippen LogP contribution is -2.30. The van der Waals surface area contributed by atoms with Gasteiger partial charge in [0.05, 0.1) is 0 Å². The number of hydrogen-bond acceptors (Lipinski definition) is 5. The summed E-state index contributed by atoms with van der Waals surface area (Å²) >= 11 is 0. The molecule has 0 aliphatic heterocycles. The summed E-state index contributed by atoms with van der Waals surface area (Å²) in [6.07, 6.45) is 1.36. The van der Waals surface area contributed by atoms with Crippen LogP contribution in [0.5, 0.6) is 0 Å². The van der Waals surface area contributed by atoms with Gasteiger partial charge in [0.2, 0.25) is 11.5 Å². The molecule has 0 unspecified atom stereocenters. The van der Waals surface area contributed by atoms with Gasteiger partial charge in [-0.15, -0.1) is 4.52 Å². The van der Waals surface area contributed by atoms with E-state index in [1.165, 1.54) is 12.3 Å². The first-order valence-electron chi connectivity index (χ1n) is 7.04. The molecule has 4 heterocycles. The van der Waals surface area contributed by atoms with Crippen molar-refractivity contribution in [2.45, 2.75) is 6.18 Å². The van der Waals surface area contributed by atoms with Crippen molar-refractivity contribution < 1.29 is 22.2 Å². The van der Waals surface area contributed by atoms with Crippen LogP contribution in [0.1, 0.15) is 5.89 Å². The normalized spacial score (nSPS) is 12.0. The topological polar surface area (TPSA) is 73.7 Å². The number of fused-ring (bicyclic) bond motifs is 1. The molecule has 0 aliphatic carbocycles. The fourth-order valence-electron chi connectivity index (χ4n) is 2.31. The van der Waals surface area contributed by atoms with Crippen LogP contribution in [0.15, 0.2) is 41.3 Å². The summed E-state index contributed by atoms with van der Waals surface area (Å²) in [7, 11) is 1.82. The Morgan fingerprint density at radius 1 is 1.20 bits per heavy atom. The fraction of sp³-hybridized carbons (Fsp3) is 0.133. The van der Waals surface area contributed by atoms with Crippen molar-refractivity contribution >= 4 is 5.52 Å². The first kappa shape index (κ1) is 15.2. The molecule has 0 bridgehead atoms. The van der Waals surface area contributed by atoms with Crippen molar-refractivity contribution in [2.75, 3.05) is 0 Å². The highest BCUT2D eigenvalue weighted by atomic mass is 19.4. The van der Waals surface area contributed by atoms with Crippen molar-refractivity contribution in [1.29, 1.82) is 0 Å². The highest BCUT2D eigenvalue weighted by Crippen LogP contribution is 2.30. The highest BCUT2D eigenvalue weighted by molar-refractivity contribution is 5.65. The van der Waals surface area contributed by atoms with Crippen LogP contribution in [-0.4, -0.2) is 24.8 Å². The SMILES string of the molecule is Cn1[c]cc2cc(-c3cc(-c4noc(C(F)(F)F)n4)ccn3)nc[n+]21. The molecule has 4 aromatic rings. The smallest absolute Gasteiger partial charge is 0.329 e. The van der Waals surface area contributed by atoms with Gasteiger partial charge in [0.15, 0.2) is 5.52 Å². The van der Waals surface area contributed by atoms with E-state index >= 15 is 0 Å². The lowest BCUT2D eigenvalue weighted by atomic mass is 10.2. The zero-order valence-electron chi connectivity index (χ0n) is 12.7. The lowest BCUT2D eigenvalue weighted by molar-refractivity contribution is -0.610. The van der Waals surface area contributed by atoms with Crippen molar-refractivity contribution in [3.05, 3.63) is 48.9 Å². The van der Waals surface area contributed by atoms with Crippen LogP contribution >= 0.6 is 0 Å². The minimum absolute atomic E-state index is 0.167.